The molecule has 0 aliphatic heterocycles. The summed E-state index contributed by atoms with van der Waals surface area (Å²) in [6, 6.07) is 0. The maximum Gasteiger partial charge on any atom is 1.00 e. The largest absolute Gasteiger partial charge is 1.00 e. The van der Waals surface area contributed by atoms with Crippen LogP contribution in [-0.2, 0) is 25.3 Å². The molecule has 9 heavy (non-hydrogen) atoms. The van der Waals surface area contributed by atoms with E-state index in [9.17, 15) is 0 Å². The van der Waals surface area contributed by atoms with Gasteiger partial charge in [-0.15, -0.1) is 0 Å². The second-order valence-corrected chi connectivity index (χ2v) is 2.93. The summed E-state index contributed by atoms with van der Waals surface area (Å²) in [5, 5.41) is 0.345. The first-order valence-corrected chi connectivity index (χ1v) is 3.47. The van der Waals surface area contributed by atoms with Gasteiger partial charge in [0.05, 0.1) is 0 Å². The van der Waals surface area contributed by atoms with Crippen LogP contribution in [0.5, 0.6) is 0 Å². The molecule has 0 radical (unpaired) electrons. The first kappa shape index (κ1) is 17.1. The zero-order valence-electron chi connectivity index (χ0n) is 6.68. The maximum atomic E-state index is 4.93. The average Bonchev–Trinajstić information content (AvgIpc) is 1.65. The topological polar surface area (TPSA) is 0 Å². The standard InChI is InChI=1S/C5H12S2.2Li/c1-4(3-6)5(2)7;;/h4-7H,3H2,1-2H3;;/q;2*+1/p-2. The minimum atomic E-state index is 0. The molecule has 0 aliphatic rings. The third-order valence-electron chi connectivity index (χ3n) is 1.06. The predicted molar refractivity (Wildman–Crippen MR) is 38.2 cm³/mol. The van der Waals surface area contributed by atoms with Gasteiger partial charge in [0.1, 0.15) is 0 Å². The Kier molecular flexibility index (Phi) is 18.8. The molecule has 0 bridgehead atoms. The molecule has 2 unspecified atom stereocenters. The van der Waals surface area contributed by atoms with Gasteiger partial charge < -0.3 is 25.3 Å². The van der Waals surface area contributed by atoms with Gasteiger partial charge in [-0.1, -0.05) is 19.8 Å². The molecule has 0 saturated heterocycles. The molecule has 0 nitrogen and oxygen atoms in total. The van der Waals surface area contributed by atoms with Gasteiger partial charge in [-0.05, 0) is 0 Å². The van der Waals surface area contributed by atoms with Gasteiger partial charge in [-0.2, -0.15) is 11.0 Å². The monoisotopic (exact) mass is 148 g/mol. The van der Waals surface area contributed by atoms with Gasteiger partial charge in [-0.3, -0.25) is 0 Å². The molecule has 0 N–H and O–H groups in total. The van der Waals surface area contributed by atoms with Crippen molar-refractivity contribution in [3.63, 3.8) is 0 Å². The van der Waals surface area contributed by atoms with Gasteiger partial charge in [0.25, 0.3) is 0 Å². The molecule has 0 heterocycles. The second kappa shape index (κ2) is 9.89. The Labute approximate surface area is 93.1 Å². The summed E-state index contributed by atoms with van der Waals surface area (Å²) < 4.78 is 0. The summed E-state index contributed by atoms with van der Waals surface area (Å²) in [6.07, 6.45) is 0. The summed E-state index contributed by atoms with van der Waals surface area (Å²) in [6.45, 7) is 4.11. The molecule has 0 spiro atoms. The summed E-state index contributed by atoms with van der Waals surface area (Å²) in [5.74, 6) is 1.33. The van der Waals surface area contributed by atoms with Crippen LogP contribution in [0, 0.1) is 5.92 Å². The van der Waals surface area contributed by atoms with E-state index in [2.05, 4.69) is 6.92 Å². The Morgan fingerprint density at radius 3 is 1.56 bits per heavy atom. The maximum absolute atomic E-state index is 4.93. The van der Waals surface area contributed by atoms with Crippen LogP contribution in [0.25, 0.3) is 0 Å². The van der Waals surface area contributed by atoms with E-state index in [1.807, 2.05) is 6.92 Å². The molecule has 44 valence electrons. The van der Waals surface area contributed by atoms with E-state index in [1.54, 1.807) is 0 Å². The van der Waals surface area contributed by atoms with E-state index in [1.165, 1.54) is 0 Å². The predicted octanol–water partition coefficient (Wildman–Crippen LogP) is -4.89. The second-order valence-electron chi connectivity index (χ2n) is 1.85. The number of hydrogen-bond donors (Lipinski definition) is 0. The molecule has 0 amide bonds. The minimum absolute atomic E-state index is 0. The van der Waals surface area contributed by atoms with Gasteiger partial charge in [-0.25, -0.2) is 0 Å². The van der Waals surface area contributed by atoms with Crippen molar-refractivity contribution in [1.82, 2.24) is 0 Å². The Hall–Kier alpha value is 1.89. The molecular weight excluding hydrogens is 138 g/mol. The van der Waals surface area contributed by atoms with Gasteiger partial charge in [0.15, 0.2) is 0 Å². The molecule has 0 aromatic carbocycles. The Morgan fingerprint density at radius 2 is 1.56 bits per heavy atom. The van der Waals surface area contributed by atoms with Crippen molar-refractivity contribution >= 4 is 25.3 Å². The van der Waals surface area contributed by atoms with Crippen molar-refractivity contribution in [3.05, 3.63) is 0 Å². The van der Waals surface area contributed by atoms with Crippen LogP contribution in [0.3, 0.4) is 0 Å². The zero-order valence-corrected chi connectivity index (χ0v) is 8.31. The quantitative estimate of drug-likeness (QED) is 0.284. The molecular formula is C5H10Li2S2. The zero-order chi connectivity index (χ0) is 5.86. The summed E-state index contributed by atoms with van der Waals surface area (Å²) >= 11 is 9.72. The molecule has 0 aromatic heterocycles. The van der Waals surface area contributed by atoms with Gasteiger partial charge in [0.2, 0.25) is 0 Å². The number of hydrogen-bond acceptors (Lipinski definition) is 2. The molecule has 2 atom stereocenters. The van der Waals surface area contributed by atoms with E-state index in [0.717, 1.165) is 5.75 Å². The molecule has 0 aliphatic carbocycles. The van der Waals surface area contributed by atoms with E-state index in [-0.39, 0.29) is 37.7 Å². The summed E-state index contributed by atoms with van der Waals surface area (Å²) in [7, 11) is 0. The van der Waals surface area contributed by atoms with Crippen molar-refractivity contribution in [2.24, 2.45) is 5.92 Å². The van der Waals surface area contributed by atoms with E-state index >= 15 is 0 Å². The Bertz CT molecular complexity index is 50.2. The SMILES string of the molecule is CC([S-])C(C)C[S-].[Li+].[Li+]. The van der Waals surface area contributed by atoms with E-state index < -0.39 is 0 Å². The van der Waals surface area contributed by atoms with Crippen LogP contribution in [-0.4, -0.2) is 11.0 Å². The first-order valence-electron chi connectivity index (χ1n) is 2.42. The van der Waals surface area contributed by atoms with Crippen molar-refractivity contribution < 1.29 is 37.7 Å². The van der Waals surface area contributed by atoms with Crippen LogP contribution in [0.4, 0.5) is 0 Å². The van der Waals surface area contributed by atoms with Crippen LogP contribution in [0.2, 0.25) is 0 Å². The van der Waals surface area contributed by atoms with Crippen molar-refractivity contribution in [2.75, 3.05) is 5.75 Å². The van der Waals surface area contributed by atoms with Crippen LogP contribution >= 0.6 is 0 Å². The smallest absolute Gasteiger partial charge is 0.792 e. The first-order chi connectivity index (χ1) is 3.18. The summed E-state index contributed by atoms with van der Waals surface area (Å²) in [5.41, 5.74) is 0. The Balaban J connectivity index is -0.000000180. The fourth-order valence-electron chi connectivity index (χ4n) is 0.136. The van der Waals surface area contributed by atoms with Gasteiger partial charge in [0, 0.05) is 0 Å². The molecule has 0 fully saturated rings. The van der Waals surface area contributed by atoms with Gasteiger partial charge >= 0.3 is 37.7 Å². The third-order valence-corrected chi connectivity index (χ3v) is 2.05. The molecule has 0 saturated carbocycles. The van der Waals surface area contributed by atoms with Crippen molar-refractivity contribution in [2.45, 2.75) is 19.1 Å². The molecule has 4 heteroatoms. The van der Waals surface area contributed by atoms with Crippen LogP contribution in [0.1, 0.15) is 13.8 Å². The van der Waals surface area contributed by atoms with Crippen molar-refractivity contribution in [3.8, 4) is 0 Å². The van der Waals surface area contributed by atoms with Crippen LogP contribution < -0.4 is 37.7 Å². The van der Waals surface area contributed by atoms with E-state index in [0.29, 0.717) is 11.2 Å². The van der Waals surface area contributed by atoms with Crippen LogP contribution in [0.15, 0.2) is 0 Å². The molecule has 0 rings (SSSR count). The van der Waals surface area contributed by atoms with E-state index in [4.69, 9.17) is 25.3 Å². The fraction of sp³-hybridized carbons (Fsp3) is 1.00. The third kappa shape index (κ3) is 9.89. The average molecular weight is 148 g/mol. The fourth-order valence-corrected chi connectivity index (χ4v) is 0.642. The molecule has 0 aromatic rings. The normalized spacial score (nSPS) is 14.7. The van der Waals surface area contributed by atoms with Crippen molar-refractivity contribution in [1.29, 1.82) is 0 Å². The Morgan fingerprint density at radius 1 is 1.22 bits per heavy atom. The summed E-state index contributed by atoms with van der Waals surface area (Å²) in [4.78, 5) is 0. The minimum Gasteiger partial charge on any atom is -0.792 e. The number of rotatable bonds is 2.